The average Bonchev–Trinajstić information content (AvgIpc) is 3.13. The van der Waals surface area contributed by atoms with Gasteiger partial charge in [0, 0.05) is 56.8 Å². The lowest BCUT2D eigenvalue weighted by atomic mass is 10.1. The van der Waals surface area contributed by atoms with Crippen LogP contribution in [0.25, 0.3) is 11.2 Å². The third-order valence-corrected chi connectivity index (χ3v) is 7.19. The number of nitrogens with zero attached hydrogens (tertiary/aromatic N) is 3. The zero-order valence-corrected chi connectivity index (χ0v) is 28.8. The number of ether oxygens (including phenoxy) is 3. The number of aliphatic carboxylic acids is 1. The van der Waals surface area contributed by atoms with Crippen LogP contribution in [0.15, 0.2) is 35.3 Å². The molecule has 18 nitrogen and oxygen atoms in total. The van der Waals surface area contributed by atoms with Crippen molar-refractivity contribution in [3.05, 3.63) is 52.1 Å². The minimum absolute atomic E-state index is 0.0548. The van der Waals surface area contributed by atoms with Gasteiger partial charge in [-0.15, -0.1) is 12.3 Å². The van der Waals surface area contributed by atoms with E-state index in [-0.39, 0.29) is 53.9 Å². The number of carboxylic acid groups (broad SMARTS) is 1. The van der Waals surface area contributed by atoms with Gasteiger partial charge in [-0.1, -0.05) is 0 Å². The van der Waals surface area contributed by atoms with Gasteiger partial charge in [-0.25, -0.2) is 14.8 Å². The molecule has 8 N–H and O–H groups in total. The van der Waals surface area contributed by atoms with Crippen molar-refractivity contribution in [3.8, 4) is 12.3 Å². The zero-order chi connectivity index (χ0) is 37.6. The van der Waals surface area contributed by atoms with Crippen molar-refractivity contribution >= 4 is 46.5 Å². The van der Waals surface area contributed by atoms with E-state index in [9.17, 15) is 29.1 Å². The van der Waals surface area contributed by atoms with Gasteiger partial charge in [0.05, 0.1) is 44.9 Å². The summed E-state index contributed by atoms with van der Waals surface area (Å²) in [5.74, 6) is 0.104. The number of nitrogens with one attached hydrogen (secondary N) is 5. The number of hydrogen-bond acceptors (Lipinski definition) is 13. The molecule has 2 aromatic heterocycles. The number of fused-ring (bicyclic) bond motifs is 1. The van der Waals surface area contributed by atoms with Crippen molar-refractivity contribution in [2.24, 2.45) is 0 Å². The molecule has 3 amide bonds. The van der Waals surface area contributed by atoms with Gasteiger partial charge in [0.25, 0.3) is 11.5 Å². The molecule has 0 saturated carbocycles. The number of aromatic amines is 1. The largest absolute Gasteiger partial charge is 0.480 e. The summed E-state index contributed by atoms with van der Waals surface area (Å²) >= 11 is 0. The zero-order valence-electron chi connectivity index (χ0n) is 28.8. The lowest BCUT2D eigenvalue weighted by Gasteiger charge is -2.15. The fraction of sp³-hybridized carbons (Fsp3) is 0.471. The number of rotatable bonds is 25. The van der Waals surface area contributed by atoms with Gasteiger partial charge < -0.3 is 46.3 Å². The standard InChI is InChI=1S/C34H45N9O9/c1-2-3-6-27(44)36-13-4-15-50-17-19-52-20-18-51-16-5-14-37-28(45)12-11-26(33(48)49)41-31(46)23-7-9-24(10-8-23)38-21-25-22-39-30-29(40-25)32(47)43-34(35)42-30/h1,7-10,22,26,38H,3-6,11-21H2,(H,36,44)(H,37,45)(H,41,46)(H,48,49)(H3,35,39,42,43,47)/t26-/m0/s1. The third kappa shape index (κ3) is 15.5. The van der Waals surface area contributed by atoms with Gasteiger partial charge in [-0.3, -0.25) is 24.2 Å². The molecule has 280 valence electrons. The fourth-order valence-corrected chi connectivity index (χ4v) is 4.47. The van der Waals surface area contributed by atoms with E-state index in [1.165, 1.54) is 18.3 Å². The molecule has 18 heteroatoms. The molecule has 3 aromatic rings. The summed E-state index contributed by atoms with van der Waals surface area (Å²) in [6.07, 6.45) is 8.41. The normalized spacial score (nSPS) is 11.4. The maximum atomic E-state index is 12.7. The van der Waals surface area contributed by atoms with Gasteiger partial charge >= 0.3 is 5.97 Å². The minimum atomic E-state index is -1.26. The average molecular weight is 724 g/mol. The summed E-state index contributed by atoms with van der Waals surface area (Å²) in [6, 6.07) is 5.05. The molecule has 0 unspecified atom stereocenters. The van der Waals surface area contributed by atoms with E-state index in [0.29, 0.717) is 89.8 Å². The van der Waals surface area contributed by atoms with Crippen LogP contribution in [0.3, 0.4) is 0 Å². The topological polar surface area (TPSA) is 262 Å². The van der Waals surface area contributed by atoms with E-state index in [2.05, 4.69) is 47.1 Å². The number of nitrogen functional groups attached to an aromatic ring is 1. The summed E-state index contributed by atoms with van der Waals surface area (Å²) in [4.78, 5) is 74.9. The molecule has 0 aliphatic carbocycles. The predicted molar refractivity (Wildman–Crippen MR) is 190 cm³/mol. The summed E-state index contributed by atoms with van der Waals surface area (Å²) in [5.41, 5.74) is 6.55. The second-order valence-electron chi connectivity index (χ2n) is 11.3. The third-order valence-electron chi connectivity index (χ3n) is 7.19. The van der Waals surface area contributed by atoms with Crippen molar-refractivity contribution < 1.29 is 38.5 Å². The van der Waals surface area contributed by atoms with Crippen LogP contribution in [0.4, 0.5) is 11.6 Å². The second-order valence-corrected chi connectivity index (χ2v) is 11.3. The Labute approximate surface area is 300 Å². The highest BCUT2D eigenvalue weighted by atomic mass is 16.5. The molecular formula is C34H45N9O9. The quantitative estimate of drug-likeness (QED) is 0.0460. The van der Waals surface area contributed by atoms with Crippen molar-refractivity contribution in [2.75, 3.05) is 63.8 Å². The second kappa shape index (κ2) is 23.0. The van der Waals surface area contributed by atoms with E-state index in [0.717, 1.165) is 0 Å². The van der Waals surface area contributed by atoms with E-state index >= 15 is 0 Å². The van der Waals surface area contributed by atoms with Crippen LogP contribution in [-0.2, 0) is 35.1 Å². The first-order valence-electron chi connectivity index (χ1n) is 16.8. The highest BCUT2D eigenvalue weighted by Gasteiger charge is 2.22. The van der Waals surface area contributed by atoms with Crippen LogP contribution in [0.2, 0.25) is 0 Å². The lowest BCUT2D eigenvalue weighted by Crippen LogP contribution is -2.41. The fourth-order valence-electron chi connectivity index (χ4n) is 4.47. The van der Waals surface area contributed by atoms with Crippen molar-refractivity contribution in [1.29, 1.82) is 0 Å². The lowest BCUT2D eigenvalue weighted by molar-refractivity contribution is -0.139. The highest BCUT2D eigenvalue weighted by molar-refractivity contribution is 5.97. The van der Waals surface area contributed by atoms with E-state index in [1.807, 2.05) is 0 Å². The number of terminal acetylenes is 1. The number of amides is 3. The molecule has 0 radical (unpaired) electrons. The number of anilines is 2. The van der Waals surface area contributed by atoms with Crippen LogP contribution in [0, 0.1) is 12.3 Å². The number of H-pyrrole nitrogens is 1. The van der Waals surface area contributed by atoms with Gasteiger partial charge in [0.15, 0.2) is 11.2 Å². The number of nitrogens with two attached hydrogens (primary N) is 1. The summed E-state index contributed by atoms with van der Waals surface area (Å²) in [5, 5.41) is 20.6. The molecule has 0 aliphatic rings. The number of carbonyl (C=O) groups excluding carboxylic acids is 3. The summed E-state index contributed by atoms with van der Waals surface area (Å²) < 4.78 is 16.4. The van der Waals surface area contributed by atoms with Crippen LogP contribution < -0.4 is 32.6 Å². The molecular weight excluding hydrogens is 678 g/mol. The van der Waals surface area contributed by atoms with Crippen molar-refractivity contribution in [3.63, 3.8) is 0 Å². The number of hydrogen-bond donors (Lipinski definition) is 7. The molecule has 0 fully saturated rings. The molecule has 0 bridgehead atoms. The number of aromatic nitrogens is 4. The van der Waals surface area contributed by atoms with E-state index < -0.39 is 23.5 Å². The Bertz CT molecular complexity index is 1710. The maximum Gasteiger partial charge on any atom is 0.326 e. The SMILES string of the molecule is C#CCCC(=O)NCCCOCCOCCOCCCNC(=O)CC[C@H](NC(=O)c1ccc(NCc2cnc3nc(N)[nH]c(=O)c3n2)cc1)C(=O)O. The van der Waals surface area contributed by atoms with Crippen molar-refractivity contribution in [2.45, 2.75) is 51.1 Å². The monoisotopic (exact) mass is 723 g/mol. The first-order valence-corrected chi connectivity index (χ1v) is 16.8. The predicted octanol–water partition coefficient (Wildman–Crippen LogP) is 0.346. The Kier molecular flexibility index (Phi) is 18.0. The molecule has 52 heavy (non-hydrogen) atoms. The number of benzene rings is 1. The molecule has 0 spiro atoms. The van der Waals surface area contributed by atoms with Crippen LogP contribution in [0.1, 0.15) is 54.6 Å². The van der Waals surface area contributed by atoms with Crippen LogP contribution in [0.5, 0.6) is 0 Å². The minimum Gasteiger partial charge on any atom is -0.480 e. The van der Waals surface area contributed by atoms with E-state index in [4.69, 9.17) is 26.4 Å². The highest BCUT2D eigenvalue weighted by Crippen LogP contribution is 2.12. The maximum absolute atomic E-state index is 12.7. The molecule has 1 atom stereocenters. The van der Waals surface area contributed by atoms with Gasteiger partial charge in [0.2, 0.25) is 17.8 Å². The first-order chi connectivity index (χ1) is 25.2. The molecule has 3 rings (SSSR count). The van der Waals surface area contributed by atoms with Gasteiger partial charge in [0.1, 0.15) is 6.04 Å². The molecule has 2 heterocycles. The first kappa shape index (κ1) is 40.8. The number of carbonyl (C=O) groups is 4. The Balaban J connectivity index is 1.22. The summed E-state index contributed by atoms with van der Waals surface area (Å²) in [6.45, 7) is 3.64. The summed E-state index contributed by atoms with van der Waals surface area (Å²) in [7, 11) is 0. The van der Waals surface area contributed by atoms with Gasteiger partial charge in [-0.05, 0) is 43.5 Å². The van der Waals surface area contributed by atoms with E-state index in [1.54, 1.807) is 12.1 Å². The molecule has 0 aliphatic heterocycles. The molecule has 1 aromatic carbocycles. The smallest absolute Gasteiger partial charge is 0.326 e. The number of carboxylic acids is 1. The van der Waals surface area contributed by atoms with Crippen LogP contribution in [-0.4, -0.2) is 108 Å². The Hall–Kier alpha value is -5.64. The van der Waals surface area contributed by atoms with Crippen molar-refractivity contribution in [1.82, 2.24) is 35.9 Å². The Morgan fingerprint density at radius 3 is 2.13 bits per heavy atom. The molecule has 0 saturated heterocycles. The Morgan fingerprint density at radius 2 is 1.52 bits per heavy atom. The Morgan fingerprint density at radius 1 is 0.904 bits per heavy atom. The van der Waals surface area contributed by atoms with Gasteiger partial charge in [-0.2, -0.15) is 4.98 Å². The van der Waals surface area contributed by atoms with Crippen LogP contribution >= 0.6 is 0 Å².